The monoisotopic (exact) mass is 223 g/mol. The zero-order chi connectivity index (χ0) is 12.0. The Labute approximate surface area is 95.3 Å². The molecule has 0 unspecified atom stereocenters. The summed E-state index contributed by atoms with van der Waals surface area (Å²) in [5.41, 5.74) is 7.43. The minimum Gasteiger partial charge on any atom is -0.494 e. The van der Waals surface area contributed by atoms with Gasteiger partial charge in [-0.3, -0.25) is 4.79 Å². The van der Waals surface area contributed by atoms with Gasteiger partial charge in [0.15, 0.2) is 0 Å². The molecule has 0 spiro atoms. The lowest BCUT2D eigenvalue weighted by atomic mass is 10.2. The first-order chi connectivity index (χ1) is 7.63. The third kappa shape index (κ3) is 3.81. The second kappa shape index (κ2) is 6.00. The van der Waals surface area contributed by atoms with E-state index < -0.39 is 0 Å². The number of esters is 1. The van der Waals surface area contributed by atoms with E-state index in [0.29, 0.717) is 19.4 Å². The molecule has 0 aliphatic carbocycles. The van der Waals surface area contributed by atoms with Crippen molar-refractivity contribution >= 4 is 11.7 Å². The van der Waals surface area contributed by atoms with Crippen molar-refractivity contribution in [2.24, 2.45) is 0 Å². The van der Waals surface area contributed by atoms with E-state index in [4.69, 9.17) is 10.5 Å². The molecule has 1 aromatic rings. The van der Waals surface area contributed by atoms with E-state index in [0.717, 1.165) is 17.0 Å². The largest absolute Gasteiger partial charge is 0.494 e. The molecule has 0 aliphatic rings. The smallest absolute Gasteiger partial charge is 0.305 e. The quantitative estimate of drug-likeness (QED) is 0.470. The van der Waals surface area contributed by atoms with Crippen molar-refractivity contribution in [2.75, 3.05) is 19.5 Å². The van der Waals surface area contributed by atoms with Crippen LogP contribution in [-0.2, 0) is 9.53 Å². The summed E-state index contributed by atoms with van der Waals surface area (Å²) in [5, 5.41) is 0. The van der Waals surface area contributed by atoms with Gasteiger partial charge < -0.3 is 15.2 Å². The normalized spacial score (nSPS) is 9.88. The minimum absolute atomic E-state index is 0.211. The van der Waals surface area contributed by atoms with E-state index in [1.165, 1.54) is 7.11 Å². The lowest BCUT2D eigenvalue weighted by molar-refractivity contribution is -0.140. The molecule has 1 aromatic carbocycles. The molecular formula is C12H17NO3. The molecule has 0 radical (unpaired) electrons. The lowest BCUT2D eigenvalue weighted by Crippen LogP contribution is -2.04. The fourth-order valence-corrected chi connectivity index (χ4v) is 1.25. The lowest BCUT2D eigenvalue weighted by Gasteiger charge is -2.07. The van der Waals surface area contributed by atoms with Crippen LogP contribution < -0.4 is 10.5 Å². The van der Waals surface area contributed by atoms with Crippen LogP contribution in [0.25, 0.3) is 0 Å². The summed E-state index contributed by atoms with van der Waals surface area (Å²) in [4.78, 5) is 10.8. The fourth-order valence-electron chi connectivity index (χ4n) is 1.25. The molecule has 4 nitrogen and oxygen atoms in total. The van der Waals surface area contributed by atoms with Gasteiger partial charge in [-0.25, -0.2) is 0 Å². The van der Waals surface area contributed by atoms with E-state index >= 15 is 0 Å². The Kier molecular flexibility index (Phi) is 4.64. The molecule has 16 heavy (non-hydrogen) atoms. The number of hydrogen-bond acceptors (Lipinski definition) is 4. The number of nitrogen functional groups attached to an aromatic ring is 1. The van der Waals surface area contributed by atoms with E-state index in [2.05, 4.69) is 4.74 Å². The van der Waals surface area contributed by atoms with Gasteiger partial charge in [0, 0.05) is 12.1 Å². The molecular weight excluding hydrogens is 206 g/mol. The molecule has 0 amide bonds. The average molecular weight is 223 g/mol. The summed E-state index contributed by atoms with van der Waals surface area (Å²) in [5.74, 6) is 0.564. The van der Waals surface area contributed by atoms with Gasteiger partial charge >= 0.3 is 5.97 Å². The van der Waals surface area contributed by atoms with Crippen molar-refractivity contribution < 1.29 is 14.3 Å². The highest BCUT2D eigenvalue weighted by Crippen LogP contribution is 2.18. The van der Waals surface area contributed by atoms with Crippen molar-refractivity contribution in [3.05, 3.63) is 23.8 Å². The third-order valence-electron chi connectivity index (χ3n) is 2.26. The van der Waals surface area contributed by atoms with Crippen molar-refractivity contribution in [1.29, 1.82) is 0 Å². The first-order valence-electron chi connectivity index (χ1n) is 5.19. The van der Waals surface area contributed by atoms with Crippen molar-refractivity contribution in [3.8, 4) is 5.75 Å². The predicted octanol–water partition coefficient (Wildman–Crippen LogP) is 1.91. The number of aryl methyl sites for hydroxylation is 1. The first kappa shape index (κ1) is 12.4. The van der Waals surface area contributed by atoms with Crippen LogP contribution in [0.15, 0.2) is 18.2 Å². The van der Waals surface area contributed by atoms with Crippen molar-refractivity contribution in [3.63, 3.8) is 0 Å². The van der Waals surface area contributed by atoms with Crippen LogP contribution in [0.1, 0.15) is 18.4 Å². The molecule has 1 rings (SSSR count). The van der Waals surface area contributed by atoms with Gasteiger partial charge in [0.1, 0.15) is 5.75 Å². The van der Waals surface area contributed by atoms with E-state index in [9.17, 15) is 4.79 Å². The molecule has 0 fully saturated rings. The van der Waals surface area contributed by atoms with Crippen LogP contribution in [0.2, 0.25) is 0 Å². The molecule has 4 heteroatoms. The van der Waals surface area contributed by atoms with Crippen LogP contribution in [0.3, 0.4) is 0 Å². The summed E-state index contributed by atoms with van der Waals surface area (Å²) < 4.78 is 10.00. The zero-order valence-corrected chi connectivity index (χ0v) is 9.66. The van der Waals surface area contributed by atoms with Gasteiger partial charge in [0.05, 0.1) is 13.7 Å². The number of carbonyl (C=O) groups excluding carboxylic acids is 1. The number of hydrogen-bond donors (Lipinski definition) is 1. The van der Waals surface area contributed by atoms with Crippen LogP contribution in [0, 0.1) is 6.92 Å². The molecule has 0 atom stereocenters. The highest BCUT2D eigenvalue weighted by atomic mass is 16.5. The second-order valence-corrected chi connectivity index (χ2v) is 3.55. The Morgan fingerprint density at radius 2 is 2.19 bits per heavy atom. The number of nitrogens with two attached hydrogens (primary N) is 1. The van der Waals surface area contributed by atoms with Gasteiger partial charge in [-0.15, -0.1) is 0 Å². The van der Waals surface area contributed by atoms with E-state index in [1.54, 1.807) is 0 Å². The maximum absolute atomic E-state index is 10.8. The summed E-state index contributed by atoms with van der Waals surface area (Å²) in [6, 6.07) is 5.51. The van der Waals surface area contributed by atoms with Crippen molar-refractivity contribution in [1.82, 2.24) is 0 Å². The molecule has 0 aliphatic heterocycles. The van der Waals surface area contributed by atoms with Gasteiger partial charge in [-0.05, 0) is 37.1 Å². The summed E-state index contributed by atoms with van der Waals surface area (Å²) in [7, 11) is 1.38. The summed E-state index contributed by atoms with van der Waals surface area (Å²) >= 11 is 0. The predicted molar refractivity (Wildman–Crippen MR) is 62.3 cm³/mol. The van der Waals surface area contributed by atoms with Gasteiger partial charge in [-0.2, -0.15) is 0 Å². The number of rotatable bonds is 5. The number of benzene rings is 1. The summed E-state index contributed by atoms with van der Waals surface area (Å²) in [6.45, 7) is 2.43. The maximum atomic E-state index is 10.8. The van der Waals surface area contributed by atoms with Gasteiger partial charge in [0.25, 0.3) is 0 Å². The maximum Gasteiger partial charge on any atom is 0.305 e. The Balaban J connectivity index is 2.32. The third-order valence-corrected chi connectivity index (χ3v) is 2.26. The van der Waals surface area contributed by atoms with Crippen molar-refractivity contribution in [2.45, 2.75) is 19.8 Å². The van der Waals surface area contributed by atoms with Crippen LogP contribution in [-0.4, -0.2) is 19.7 Å². The van der Waals surface area contributed by atoms with Crippen LogP contribution in [0.5, 0.6) is 5.75 Å². The van der Waals surface area contributed by atoms with Gasteiger partial charge in [-0.1, -0.05) is 0 Å². The highest BCUT2D eigenvalue weighted by Gasteiger charge is 2.01. The topological polar surface area (TPSA) is 61.5 Å². The van der Waals surface area contributed by atoms with Crippen LogP contribution >= 0.6 is 0 Å². The first-order valence-corrected chi connectivity index (χ1v) is 5.19. The van der Waals surface area contributed by atoms with E-state index in [1.807, 2.05) is 25.1 Å². The highest BCUT2D eigenvalue weighted by molar-refractivity contribution is 5.69. The molecule has 0 heterocycles. The standard InChI is InChI=1S/C12H17NO3/c1-9-8-10(5-6-11(9)13)16-7-3-4-12(14)15-2/h5-6,8H,3-4,7,13H2,1-2H3. The second-order valence-electron chi connectivity index (χ2n) is 3.55. The van der Waals surface area contributed by atoms with Gasteiger partial charge in [0.2, 0.25) is 0 Å². The number of ether oxygens (including phenoxy) is 2. The average Bonchev–Trinajstić information content (AvgIpc) is 2.28. The Morgan fingerprint density at radius 3 is 2.81 bits per heavy atom. The minimum atomic E-state index is -0.211. The molecule has 0 aromatic heterocycles. The Hall–Kier alpha value is -1.71. The van der Waals surface area contributed by atoms with Crippen LogP contribution in [0.4, 0.5) is 5.69 Å². The zero-order valence-electron chi connectivity index (χ0n) is 9.66. The Bertz CT molecular complexity index is 363. The van der Waals surface area contributed by atoms with E-state index in [-0.39, 0.29) is 5.97 Å². The SMILES string of the molecule is COC(=O)CCCOc1ccc(N)c(C)c1. The summed E-state index contributed by atoms with van der Waals surface area (Å²) in [6.07, 6.45) is 1.03. The molecule has 88 valence electrons. The molecule has 0 saturated carbocycles. The number of carbonyl (C=O) groups is 1. The fraction of sp³-hybridized carbons (Fsp3) is 0.417. The Morgan fingerprint density at radius 1 is 1.44 bits per heavy atom. The number of methoxy groups -OCH3 is 1. The molecule has 0 saturated heterocycles. The molecule has 2 N–H and O–H groups in total. The molecule has 0 bridgehead atoms. The number of anilines is 1.